The zero-order chi connectivity index (χ0) is 10.8. The Bertz CT molecular complexity index is 169. The van der Waals surface area contributed by atoms with Crippen molar-refractivity contribution in [1.82, 2.24) is 4.90 Å². The van der Waals surface area contributed by atoms with Gasteiger partial charge in [-0.05, 0) is 53.1 Å². The smallest absolute Gasteiger partial charge is 0.0951 e. The molecule has 0 aromatic rings. The Labute approximate surface area is 87.7 Å². The summed E-state index contributed by atoms with van der Waals surface area (Å²) < 4.78 is 12.9. The molecule has 0 unspecified atom stereocenters. The fourth-order valence-corrected chi connectivity index (χ4v) is 2.23. The minimum Gasteiger partial charge on any atom is -0.298 e. The summed E-state index contributed by atoms with van der Waals surface area (Å²) in [6.45, 7) is 10.8. The Hall–Kier alpha value is -0.110. The lowest BCUT2D eigenvalue weighted by Gasteiger charge is -2.45. The topological polar surface area (TPSA) is 3.24 Å². The highest BCUT2D eigenvalue weighted by Gasteiger charge is 2.35. The van der Waals surface area contributed by atoms with Crippen LogP contribution in [0.5, 0.6) is 0 Å². The van der Waals surface area contributed by atoms with Crippen LogP contribution in [0.2, 0.25) is 0 Å². The summed E-state index contributed by atoms with van der Waals surface area (Å²) in [6, 6.07) is 0. The lowest BCUT2D eigenvalue weighted by atomic mass is 9.76. The van der Waals surface area contributed by atoms with E-state index in [4.69, 9.17) is 0 Å². The van der Waals surface area contributed by atoms with E-state index in [0.29, 0.717) is 0 Å². The molecule has 0 amide bonds. The van der Waals surface area contributed by atoms with Gasteiger partial charge in [0.2, 0.25) is 0 Å². The van der Waals surface area contributed by atoms with E-state index in [2.05, 4.69) is 32.6 Å². The first-order chi connectivity index (χ1) is 6.43. The molecule has 84 valence electrons. The molecule has 2 heteroatoms. The number of hydrogen-bond donors (Lipinski definition) is 0. The van der Waals surface area contributed by atoms with E-state index in [1.54, 1.807) is 0 Å². The van der Waals surface area contributed by atoms with Gasteiger partial charge in [0.05, 0.1) is 6.67 Å². The second kappa shape index (κ2) is 4.18. The summed E-state index contributed by atoms with van der Waals surface area (Å²) in [5.41, 5.74) is 0.248. The maximum atomic E-state index is 12.9. The summed E-state index contributed by atoms with van der Waals surface area (Å²) in [5, 5.41) is 0. The van der Waals surface area contributed by atoms with Gasteiger partial charge in [0.25, 0.3) is 0 Å². The molecule has 1 fully saturated rings. The molecule has 1 rings (SSSR count). The molecule has 0 spiro atoms. The molecular weight excluding hydrogens is 177 g/mol. The minimum atomic E-state index is -0.137. The van der Waals surface area contributed by atoms with Crippen molar-refractivity contribution in [3.8, 4) is 0 Å². The number of halogens is 1. The van der Waals surface area contributed by atoms with Crippen LogP contribution in [0.25, 0.3) is 0 Å². The van der Waals surface area contributed by atoms with Crippen molar-refractivity contribution in [3.63, 3.8) is 0 Å². The van der Waals surface area contributed by atoms with E-state index in [0.717, 1.165) is 32.4 Å². The average molecular weight is 201 g/mol. The van der Waals surface area contributed by atoms with E-state index in [1.165, 1.54) is 0 Å². The monoisotopic (exact) mass is 201 g/mol. The van der Waals surface area contributed by atoms with Crippen LogP contribution in [0, 0.1) is 5.41 Å². The molecule has 1 nitrogen and oxygen atoms in total. The number of likely N-dealkylation sites (tertiary alicyclic amines) is 1. The molecule has 0 aromatic carbocycles. The Morgan fingerprint density at radius 2 is 1.71 bits per heavy atom. The predicted octanol–water partition coefficient (Wildman–Crippen LogP) is 3.25. The summed E-state index contributed by atoms with van der Waals surface area (Å²) in [6.07, 6.45) is 3.04. The van der Waals surface area contributed by atoms with Gasteiger partial charge in [0.1, 0.15) is 0 Å². The number of rotatable bonds is 2. The first-order valence-electron chi connectivity index (χ1n) is 5.74. The molecule has 1 aliphatic heterocycles. The van der Waals surface area contributed by atoms with Crippen LogP contribution in [0.3, 0.4) is 0 Å². The Balaban J connectivity index is 2.53. The number of piperidine rings is 1. The van der Waals surface area contributed by atoms with E-state index in [1.807, 2.05) is 0 Å². The van der Waals surface area contributed by atoms with Gasteiger partial charge < -0.3 is 0 Å². The van der Waals surface area contributed by atoms with E-state index in [9.17, 15) is 4.39 Å². The standard InChI is InChI=1S/C12H24FN/c1-5-12(10-13)6-8-14(9-7-12)11(2,3)4/h5-10H2,1-4H3. The third-order valence-electron chi connectivity index (χ3n) is 3.81. The summed E-state index contributed by atoms with van der Waals surface area (Å²) in [7, 11) is 0. The molecule has 0 saturated carbocycles. The fraction of sp³-hybridized carbons (Fsp3) is 1.00. The van der Waals surface area contributed by atoms with Gasteiger partial charge in [-0.1, -0.05) is 6.92 Å². The molecule has 1 aliphatic rings. The van der Waals surface area contributed by atoms with Gasteiger partial charge in [-0.2, -0.15) is 0 Å². The third kappa shape index (κ3) is 2.47. The Kier molecular flexibility index (Phi) is 3.57. The van der Waals surface area contributed by atoms with Gasteiger partial charge in [-0.3, -0.25) is 9.29 Å². The van der Waals surface area contributed by atoms with Crippen LogP contribution in [0.15, 0.2) is 0 Å². The van der Waals surface area contributed by atoms with Crippen molar-refractivity contribution >= 4 is 0 Å². The Morgan fingerprint density at radius 3 is 2.00 bits per heavy atom. The maximum Gasteiger partial charge on any atom is 0.0951 e. The molecule has 1 saturated heterocycles. The second-order valence-electron chi connectivity index (χ2n) is 5.65. The molecule has 0 bridgehead atoms. The molecular formula is C12H24FN. The van der Waals surface area contributed by atoms with Gasteiger partial charge in [-0.25, -0.2) is 0 Å². The first-order valence-corrected chi connectivity index (χ1v) is 5.74. The maximum absolute atomic E-state index is 12.9. The fourth-order valence-electron chi connectivity index (χ4n) is 2.23. The normalized spacial score (nSPS) is 23.8. The van der Waals surface area contributed by atoms with Gasteiger partial charge in [0, 0.05) is 11.0 Å². The van der Waals surface area contributed by atoms with Crippen LogP contribution in [0.1, 0.15) is 47.0 Å². The molecule has 1 heterocycles. The van der Waals surface area contributed by atoms with Crippen molar-refractivity contribution in [3.05, 3.63) is 0 Å². The number of alkyl halides is 1. The van der Waals surface area contributed by atoms with Gasteiger partial charge in [0.15, 0.2) is 0 Å². The molecule has 0 radical (unpaired) electrons. The summed E-state index contributed by atoms with van der Waals surface area (Å²) in [4.78, 5) is 2.47. The van der Waals surface area contributed by atoms with Crippen LogP contribution >= 0.6 is 0 Å². The van der Waals surface area contributed by atoms with Crippen LogP contribution in [0.4, 0.5) is 4.39 Å². The van der Waals surface area contributed by atoms with E-state index in [-0.39, 0.29) is 17.6 Å². The van der Waals surface area contributed by atoms with Crippen LogP contribution in [-0.4, -0.2) is 30.2 Å². The molecule has 14 heavy (non-hydrogen) atoms. The summed E-state index contributed by atoms with van der Waals surface area (Å²) in [5.74, 6) is 0. The highest BCUT2D eigenvalue weighted by atomic mass is 19.1. The molecule has 0 aromatic heterocycles. The highest BCUT2D eigenvalue weighted by Crippen LogP contribution is 2.37. The minimum absolute atomic E-state index is 0.00174. The second-order valence-corrected chi connectivity index (χ2v) is 5.65. The predicted molar refractivity (Wildman–Crippen MR) is 59.3 cm³/mol. The van der Waals surface area contributed by atoms with Gasteiger partial charge >= 0.3 is 0 Å². The zero-order valence-corrected chi connectivity index (χ0v) is 10.1. The molecule has 0 N–H and O–H groups in total. The lowest BCUT2D eigenvalue weighted by molar-refractivity contribution is 0.0266. The van der Waals surface area contributed by atoms with Crippen molar-refractivity contribution < 1.29 is 4.39 Å². The van der Waals surface area contributed by atoms with Gasteiger partial charge in [-0.15, -0.1) is 0 Å². The average Bonchev–Trinajstić information content (AvgIpc) is 2.16. The number of hydrogen-bond acceptors (Lipinski definition) is 1. The first kappa shape index (κ1) is 12.0. The molecule has 0 aliphatic carbocycles. The largest absolute Gasteiger partial charge is 0.298 e. The van der Waals surface area contributed by atoms with Crippen LogP contribution in [-0.2, 0) is 0 Å². The van der Waals surface area contributed by atoms with Crippen molar-refractivity contribution in [2.24, 2.45) is 5.41 Å². The van der Waals surface area contributed by atoms with Crippen molar-refractivity contribution in [2.75, 3.05) is 19.8 Å². The Morgan fingerprint density at radius 1 is 1.21 bits per heavy atom. The van der Waals surface area contributed by atoms with Crippen LogP contribution < -0.4 is 0 Å². The zero-order valence-electron chi connectivity index (χ0n) is 10.1. The molecule has 0 atom stereocenters. The summed E-state index contributed by atoms with van der Waals surface area (Å²) >= 11 is 0. The quantitative estimate of drug-likeness (QED) is 0.663. The van der Waals surface area contributed by atoms with Crippen molar-refractivity contribution in [2.45, 2.75) is 52.5 Å². The van der Waals surface area contributed by atoms with Crippen molar-refractivity contribution in [1.29, 1.82) is 0 Å². The lowest BCUT2D eigenvalue weighted by Crippen LogP contribution is -2.49. The third-order valence-corrected chi connectivity index (χ3v) is 3.81. The van der Waals surface area contributed by atoms with E-state index < -0.39 is 0 Å². The van der Waals surface area contributed by atoms with E-state index >= 15 is 0 Å². The SMILES string of the molecule is CCC1(CF)CCN(C(C)(C)C)CC1. The number of nitrogens with zero attached hydrogens (tertiary/aromatic N) is 1. The highest BCUT2D eigenvalue weighted by molar-refractivity contribution is 4.88.